The second-order valence-corrected chi connectivity index (χ2v) is 7.08. The highest BCUT2D eigenvalue weighted by molar-refractivity contribution is 5.75. The summed E-state index contributed by atoms with van der Waals surface area (Å²) < 4.78 is 0. The van der Waals surface area contributed by atoms with Crippen LogP contribution in [0.4, 0.5) is 17.3 Å². The summed E-state index contributed by atoms with van der Waals surface area (Å²) in [5, 5.41) is 3.54. The van der Waals surface area contributed by atoms with Crippen molar-refractivity contribution >= 4 is 17.3 Å². The molecule has 6 heteroatoms. The van der Waals surface area contributed by atoms with Crippen LogP contribution in [0.2, 0.25) is 0 Å². The van der Waals surface area contributed by atoms with Gasteiger partial charge in [0.05, 0.1) is 0 Å². The van der Waals surface area contributed by atoms with E-state index in [2.05, 4.69) is 39.2 Å². The van der Waals surface area contributed by atoms with Crippen molar-refractivity contribution in [2.75, 3.05) is 43.1 Å². The average Bonchev–Trinajstić information content (AvgIpc) is 2.58. The molecule has 2 aliphatic rings. The fourth-order valence-corrected chi connectivity index (χ4v) is 3.78. The van der Waals surface area contributed by atoms with Crippen molar-refractivity contribution in [2.45, 2.75) is 57.0 Å². The number of nitrogens with zero attached hydrogens (tertiary/aromatic N) is 4. The van der Waals surface area contributed by atoms with E-state index in [1.54, 1.807) is 6.33 Å². The molecule has 0 radical (unpaired) electrons. The van der Waals surface area contributed by atoms with Crippen molar-refractivity contribution < 1.29 is 0 Å². The van der Waals surface area contributed by atoms with Crippen molar-refractivity contribution in [3.63, 3.8) is 0 Å². The Labute approximate surface area is 139 Å². The molecule has 1 aliphatic carbocycles. The van der Waals surface area contributed by atoms with Gasteiger partial charge in [0.15, 0.2) is 11.6 Å². The standard InChI is InChI=1S/C17H30N6/c1-22-10-8-14(9-11-22)23(2)17-15(18)16(19-12-20-17)21-13-6-4-3-5-7-13/h12-14H,3-11,18H2,1-2H3,(H,19,20,21). The van der Waals surface area contributed by atoms with Crippen molar-refractivity contribution in [3.05, 3.63) is 6.33 Å². The SMILES string of the molecule is CN1CCC(N(C)c2ncnc(NC3CCCCC3)c2N)CC1. The molecule has 0 amide bonds. The Bertz CT molecular complexity index is 506. The van der Waals surface area contributed by atoms with Crippen LogP contribution in [0.1, 0.15) is 44.9 Å². The molecule has 23 heavy (non-hydrogen) atoms. The molecule has 1 aliphatic heterocycles. The minimum absolute atomic E-state index is 0.502. The lowest BCUT2D eigenvalue weighted by Crippen LogP contribution is -2.42. The number of rotatable bonds is 4. The van der Waals surface area contributed by atoms with Crippen LogP contribution < -0.4 is 16.0 Å². The minimum atomic E-state index is 0.502. The van der Waals surface area contributed by atoms with E-state index in [1.807, 2.05) is 0 Å². The molecular weight excluding hydrogens is 288 g/mol. The minimum Gasteiger partial charge on any atom is -0.393 e. The molecule has 0 unspecified atom stereocenters. The molecule has 0 aromatic carbocycles. The van der Waals surface area contributed by atoms with Crippen LogP contribution in [0.5, 0.6) is 0 Å². The van der Waals surface area contributed by atoms with Crippen LogP contribution in [0.25, 0.3) is 0 Å². The van der Waals surface area contributed by atoms with Gasteiger partial charge >= 0.3 is 0 Å². The molecule has 128 valence electrons. The summed E-state index contributed by atoms with van der Waals surface area (Å²) in [7, 11) is 4.29. The third-order valence-electron chi connectivity index (χ3n) is 5.38. The van der Waals surface area contributed by atoms with Crippen LogP contribution in [-0.4, -0.2) is 54.1 Å². The van der Waals surface area contributed by atoms with Gasteiger partial charge in [-0.15, -0.1) is 0 Å². The number of anilines is 3. The maximum Gasteiger partial charge on any atom is 0.157 e. The van der Waals surface area contributed by atoms with Gasteiger partial charge in [0, 0.05) is 19.1 Å². The predicted octanol–water partition coefficient (Wildman–Crippen LogP) is 2.33. The zero-order valence-corrected chi connectivity index (χ0v) is 14.5. The van der Waals surface area contributed by atoms with E-state index in [0.29, 0.717) is 17.8 Å². The van der Waals surface area contributed by atoms with Crippen LogP contribution in [0.15, 0.2) is 6.33 Å². The van der Waals surface area contributed by atoms with Gasteiger partial charge in [-0.25, -0.2) is 9.97 Å². The van der Waals surface area contributed by atoms with Gasteiger partial charge in [-0.05, 0) is 45.8 Å². The fourth-order valence-electron chi connectivity index (χ4n) is 3.78. The molecule has 3 rings (SSSR count). The van der Waals surface area contributed by atoms with Crippen LogP contribution >= 0.6 is 0 Å². The Hall–Kier alpha value is -1.56. The van der Waals surface area contributed by atoms with Crippen molar-refractivity contribution in [1.82, 2.24) is 14.9 Å². The van der Waals surface area contributed by atoms with E-state index in [9.17, 15) is 0 Å². The topological polar surface area (TPSA) is 70.3 Å². The van der Waals surface area contributed by atoms with Crippen molar-refractivity contribution in [1.29, 1.82) is 0 Å². The van der Waals surface area contributed by atoms with Gasteiger partial charge < -0.3 is 20.9 Å². The quantitative estimate of drug-likeness (QED) is 0.888. The molecule has 0 spiro atoms. The molecule has 3 N–H and O–H groups in total. The molecule has 2 heterocycles. The summed E-state index contributed by atoms with van der Waals surface area (Å²) in [6, 6.07) is 1.01. The Morgan fingerprint density at radius 2 is 1.83 bits per heavy atom. The predicted molar refractivity (Wildman–Crippen MR) is 95.9 cm³/mol. The van der Waals surface area contributed by atoms with Gasteiger partial charge in [0.2, 0.25) is 0 Å². The van der Waals surface area contributed by atoms with Crippen LogP contribution in [-0.2, 0) is 0 Å². The zero-order valence-electron chi connectivity index (χ0n) is 14.5. The number of nitrogens with two attached hydrogens (primary N) is 1. The molecular formula is C17H30N6. The lowest BCUT2D eigenvalue weighted by atomic mass is 9.95. The van der Waals surface area contributed by atoms with Gasteiger partial charge in [0.25, 0.3) is 0 Å². The van der Waals surface area contributed by atoms with Gasteiger partial charge in [-0.3, -0.25) is 0 Å². The van der Waals surface area contributed by atoms with Crippen LogP contribution in [0.3, 0.4) is 0 Å². The van der Waals surface area contributed by atoms with Crippen molar-refractivity contribution in [3.8, 4) is 0 Å². The molecule has 1 saturated carbocycles. The smallest absolute Gasteiger partial charge is 0.157 e. The first-order chi connectivity index (χ1) is 11.1. The first-order valence-electron chi connectivity index (χ1n) is 8.93. The third-order valence-corrected chi connectivity index (χ3v) is 5.38. The zero-order chi connectivity index (χ0) is 16.2. The Morgan fingerprint density at radius 3 is 2.52 bits per heavy atom. The van der Waals surface area contributed by atoms with E-state index >= 15 is 0 Å². The van der Waals surface area contributed by atoms with Gasteiger partial charge in [-0.1, -0.05) is 19.3 Å². The van der Waals surface area contributed by atoms with Gasteiger partial charge in [-0.2, -0.15) is 0 Å². The number of nitrogen functional groups attached to an aromatic ring is 1. The summed E-state index contributed by atoms with van der Waals surface area (Å²) in [4.78, 5) is 13.5. The van der Waals surface area contributed by atoms with Crippen molar-refractivity contribution in [2.24, 2.45) is 0 Å². The lowest BCUT2D eigenvalue weighted by Gasteiger charge is -2.36. The van der Waals surface area contributed by atoms with E-state index < -0.39 is 0 Å². The Morgan fingerprint density at radius 1 is 1.13 bits per heavy atom. The largest absolute Gasteiger partial charge is 0.393 e. The summed E-state index contributed by atoms with van der Waals surface area (Å²) in [6.07, 6.45) is 10.3. The molecule has 2 fully saturated rings. The Balaban J connectivity index is 1.70. The second kappa shape index (κ2) is 7.34. The van der Waals surface area contributed by atoms with E-state index in [4.69, 9.17) is 5.73 Å². The normalized spacial score (nSPS) is 21.3. The Kier molecular flexibility index (Phi) is 5.20. The number of aromatic nitrogens is 2. The number of piperidine rings is 1. The highest BCUT2D eigenvalue weighted by atomic mass is 15.2. The van der Waals surface area contributed by atoms with Crippen LogP contribution in [0, 0.1) is 0 Å². The number of hydrogen-bond donors (Lipinski definition) is 2. The van der Waals surface area contributed by atoms with Gasteiger partial charge in [0.1, 0.15) is 12.0 Å². The molecule has 1 saturated heterocycles. The molecule has 1 aromatic heterocycles. The molecule has 6 nitrogen and oxygen atoms in total. The highest BCUT2D eigenvalue weighted by Crippen LogP contribution is 2.30. The molecule has 0 bridgehead atoms. The highest BCUT2D eigenvalue weighted by Gasteiger charge is 2.24. The summed E-state index contributed by atoms with van der Waals surface area (Å²) >= 11 is 0. The first-order valence-corrected chi connectivity index (χ1v) is 8.93. The number of hydrogen-bond acceptors (Lipinski definition) is 6. The monoisotopic (exact) mass is 318 g/mol. The average molecular weight is 318 g/mol. The second-order valence-electron chi connectivity index (χ2n) is 7.08. The third kappa shape index (κ3) is 3.86. The summed E-state index contributed by atoms with van der Waals surface area (Å²) in [5.41, 5.74) is 7.09. The number of nitrogens with one attached hydrogen (secondary N) is 1. The fraction of sp³-hybridized carbons (Fsp3) is 0.765. The maximum absolute atomic E-state index is 6.40. The number of likely N-dealkylation sites (tertiary alicyclic amines) is 1. The van der Waals surface area contributed by atoms with E-state index in [1.165, 1.54) is 32.1 Å². The van der Waals surface area contributed by atoms with E-state index in [0.717, 1.165) is 37.6 Å². The molecule has 1 aromatic rings. The molecule has 0 atom stereocenters. The maximum atomic E-state index is 6.40. The summed E-state index contributed by atoms with van der Waals surface area (Å²) in [6.45, 7) is 2.26. The van der Waals surface area contributed by atoms with E-state index in [-0.39, 0.29) is 0 Å². The lowest BCUT2D eigenvalue weighted by molar-refractivity contribution is 0.252. The summed E-state index contributed by atoms with van der Waals surface area (Å²) in [5.74, 6) is 1.68. The first kappa shape index (κ1) is 16.3.